The zero-order valence-electron chi connectivity index (χ0n) is 9.12. The Bertz CT molecular complexity index is 291. The molecule has 0 spiro atoms. The molecule has 2 N–H and O–H groups in total. The van der Waals surface area contributed by atoms with E-state index in [9.17, 15) is 4.39 Å². The molecule has 1 heterocycles. The quantitative estimate of drug-likeness (QED) is 0.715. The van der Waals surface area contributed by atoms with Gasteiger partial charge in [-0.3, -0.25) is 0 Å². The van der Waals surface area contributed by atoms with Crippen LogP contribution in [0.2, 0.25) is 0 Å². The van der Waals surface area contributed by atoms with Crippen molar-refractivity contribution >= 4 is 0 Å². The van der Waals surface area contributed by atoms with Gasteiger partial charge in [0.05, 0.1) is 0 Å². The molecule has 0 radical (unpaired) electrons. The van der Waals surface area contributed by atoms with Crippen LogP contribution < -0.4 is 5.73 Å². The van der Waals surface area contributed by atoms with Crippen molar-refractivity contribution in [3.63, 3.8) is 0 Å². The van der Waals surface area contributed by atoms with E-state index in [1.807, 2.05) is 6.07 Å². The molecule has 0 aliphatic heterocycles. The SMILES string of the molecule is CCN(CCN)CCc1ccnc(F)c1. The van der Waals surface area contributed by atoms with E-state index in [-0.39, 0.29) is 0 Å². The smallest absolute Gasteiger partial charge is 0.213 e. The zero-order chi connectivity index (χ0) is 11.1. The summed E-state index contributed by atoms with van der Waals surface area (Å²) in [6.07, 6.45) is 2.34. The predicted octanol–water partition coefficient (Wildman–Crippen LogP) is 1.04. The number of halogens is 1. The van der Waals surface area contributed by atoms with Gasteiger partial charge < -0.3 is 10.6 Å². The second kappa shape index (κ2) is 6.48. The van der Waals surface area contributed by atoms with E-state index in [4.69, 9.17) is 5.73 Å². The third-order valence-electron chi connectivity index (χ3n) is 2.40. The van der Waals surface area contributed by atoms with E-state index in [2.05, 4.69) is 16.8 Å². The average Bonchev–Trinajstić information content (AvgIpc) is 2.24. The summed E-state index contributed by atoms with van der Waals surface area (Å²) in [4.78, 5) is 5.77. The summed E-state index contributed by atoms with van der Waals surface area (Å²) < 4.78 is 12.8. The Morgan fingerprint density at radius 3 is 2.87 bits per heavy atom. The highest BCUT2D eigenvalue weighted by molar-refractivity contribution is 5.11. The normalized spacial score (nSPS) is 10.9. The summed E-state index contributed by atoms with van der Waals surface area (Å²) in [6.45, 7) is 5.55. The molecule has 84 valence electrons. The lowest BCUT2D eigenvalue weighted by molar-refractivity contribution is 0.300. The van der Waals surface area contributed by atoms with Crippen LogP contribution in [-0.4, -0.2) is 36.1 Å². The highest BCUT2D eigenvalue weighted by Crippen LogP contribution is 2.02. The maximum atomic E-state index is 12.8. The standard InChI is InChI=1S/C11H18FN3/c1-2-15(8-5-13)7-4-10-3-6-14-11(12)9-10/h3,6,9H,2,4-5,7-8,13H2,1H3. The number of nitrogens with zero attached hydrogens (tertiary/aromatic N) is 2. The summed E-state index contributed by atoms with van der Waals surface area (Å²) in [6, 6.07) is 3.33. The first-order valence-electron chi connectivity index (χ1n) is 5.29. The van der Waals surface area contributed by atoms with Gasteiger partial charge in [0.2, 0.25) is 5.95 Å². The lowest BCUT2D eigenvalue weighted by Gasteiger charge is -2.18. The van der Waals surface area contributed by atoms with Gasteiger partial charge in [-0.1, -0.05) is 6.92 Å². The fourth-order valence-corrected chi connectivity index (χ4v) is 1.50. The number of nitrogens with two attached hydrogens (primary N) is 1. The van der Waals surface area contributed by atoms with Crippen LogP contribution in [0.5, 0.6) is 0 Å². The molecule has 15 heavy (non-hydrogen) atoms. The van der Waals surface area contributed by atoms with E-state index in [1.165, 1.54) is 12.3 Å². The molecule has 0 atom stereocenters. The summed E-state index contributed by atoms with van der Waals surface area (Å²) in [5.74, 6) is -0.408. The van der Waals surface area contributed by atoms with Gasteiger partial charge in [-0.05, 0) is 30.7 Å². The highest BCUT2D eigenvalue weighted by atomic mass is 19.1. The molecule has 1 aromatic heterocycles. The van der Waals surface area contributed by atoms with Crippen LogP contribution in [0, 0.1) is 5.95 Å². The first kappa shape index (κ1) is 12.1. The topological polar surface area (TPSA) is 42.1 Å². The maximum absolute atomic E-state index is 12.8. The van der Waals surface area contributed by atoms with Crippen molar-refractivity contribution in [1.29, 1.82) is 0 Å². The van der Waals surface area contributed by atoms with Gasteiger partial charge >= 0.3 is 0 Å². The molecule has 0 aromatic carbocycles. The molecule has 1 aromatic rings. The zero-order valence-corrected chi connectivity index (χ0v) is 9.12. The van der Waals surface area contributed by atoms with Crippen LogP contribution in [0.15, 0.2) is 18.3 Å². The fourth-order valence-electron chi connectivity index (χ4n) is 1.50. The highest BCUT2D eigenvalue weighted by Gasteiger charge is 2.02. The molecule has 4 heteroatoms. The monoisotopic (exact) mass is 211 g/mol. The van der Waals surface area contributed by atoms with E-state index in [1.54, 1.807) is 0 Å². The predicted molar refractivity (Wildman–Crippen MR) is 59.1 cm³/mol. The summed E-state index contributed by atoms with van der Waals surface area (Å²) in [5.41, 5.74) is 6.47. The minimum absolute atomic E-state index is 0.408. The van der Waals surface area contributed by atoms with Crippen molar-refractivity contribution in [2.24, 2.45) is 5.73 Å². The molecule has 0 aliphatic carbocycles. The van der Waals surface area contributed by atoms with Crippen molar-refractivity contribution in [2.45, 2.75) is 13.3 Å². The Kier molecular flexibility index (Phi) is 5.21. The van der Waals surface area contributed by atoms with Gasteiger partial charge in [0.1, 0.15) is 0 Å². The van der Waals surface area contributed by atoms with Gasteiger partial charge in [0, 0.05) is 25.8 Å². The second-order valence-electron chi connectivity index (χ2n) is 3.46. The third-order valence-corrected chi connectivity index (χ3v) is 2.40. The Hall–Kier alpha value is -1.00. The van der Waals surface area contributed by atoms with E-state index >= 15 is 0 Å². The molecule has 0 saturated heterocycles. The van der Waals surface area contributed by atoms with E-state index < -0.39 is 5.95 Å². The number of hydrogen-bond donors (Lipinski definition) is 1. The largest absolute Gasteiger partial charge is 0.329 e. The summed E-state index contributed by atoms with van der Waals surface area (Å²) in [5, 5.41) is 0. The average molecular weight is 211 g/mol. The molecule has 1 rings (SSSR count). The van der Waals surface area contributed by atoms with Crippen molar-refractivity contribution in [2.75, 3.05) is 26.2 Å². The Morgan fingerprint density at radius 1 is 1.47 bits per heavy atom. The third kappa shape index (κ3) is 4.36. The van der Waals surface area contributed by atoms with Gasteiger partial charge in [-0.15, -0.1) is 0 Å². The van der Waals surface area contributed by atoms with Crippen LogP contribution in [0.1, 0.15) is 12.5 Å². The molecule has 0 unspecified atom stereocenters. The minimum Gasteiger partial charge on any atom is -0.329 e. The molecule has 0 aliphatic rings. The fraction of sp³-hybridized carbons (Fsp3) is 0.545. The molecule has 0 amide bonds. The van der Waals surface area contributed by atoms with Crippen LogP contribution >= 0.6 is 0 Å². The lowest BCUT2D eigenvalue weighted by atomic mass is 10.2. The van der Waals surface area contributed by atoms with Gasteiger partial charge in [-0.25, -0.2) is 4.98 Å². The van der Waals surface area contributed by atoms with Gasteiger partial charge in [0.15, 0.2) is 0 Å². The minimum atomic E-state index is -0.408. The molecule has 3 nitrogen and oxygen atoms in total. The summed E-state index contributed by atoms with van der Waals surface area (Å²) >= 11 is 0. The molecular formula is C11H18FN3. The van der Waals surface area contributed by atoms with Crippen LogP contribution in [0.25, 0.3) is 0 Å². The van der Waals surface area contributed by atoms with E-state index in [0.29, 0.717) is 6.54 Å². The Balaban J connectivity index is 2.41. The summed E-state index contributed by atoms with van der Waals surface area (Å²) in [7, 11) is 0. The number of hydrogen-bond acceptors (Lipinski definition) is 3. The number of rotatable bonds is 6. The molecule has 0 bridgehead atoms. The maximum Gasteiger partial charge on any atom is 0.213 e. The van der Waals surface area contributed by atoms with Crippen molar-refractivity contribution in [3.8, 4) is 0 Å². The van der Waals surface area contributed by atoms with Crippen LogP contribution in [0.3, 0.4) is 0 Å². The lowest BCUT2D eigenvalue weighted by Crippen LogP contribution is -2.31. The first-order valence-corrected chi connectivity index (χ1v) is 5.29. The van der Waals surface area contributed by atoms with E-state index in [0.717, 1.165) is 31.6 Å². The molecule has 0 saturated carbocycles. The van der Waals surface area contributed by atoms with Crippen molar-refractivity contribution in [1.82, 2.24) is 9.88 Å². The number of aromatic nitrogens is 1. The van der Waals surface area contributed by atoms with Crippen LogP contribution in [0.4, 0.5) is 4.39 Å². The van der Waals surface area contributed by atoms with Gasteiger partial charge in [-0.2, -0.15) is 4.39 Å². The number of pyridine rings is 1. The molecule has 0 fully saturated rings. The first-order chi connectivity index (χ1) is 7.26. The van der Waals surface area contributed by atoms with Crippen LogP contribution in [-0.2, 0) is 6.42 Å². The second-order valence-corrected chi connectivity index (χ2v) is 3.46. The van der Waals surface area contributed by atoms with Crippen molar-refractivity contribution < 1.29 is 4.39 Å². The Morgan fingerprint density at radius 2 is 2.27 bits per heavy atom. The van der Waals surface area contributed by atoms with Gasteiger partial charge in [0.25, 0.3) is 0 Å². The Labute approximate surface area is 90.1 Å². The molecular weight excluding hydrogens is 193 g/mol. The number of likely N-dealkylation sites (N-methyl/N-ethyl adjacent to an activating group) is 1. The van der Waals surface area contributed by atoms with Crippen molar-refractivity contribution in [3.05, 3.63) is 29.8 Å².